The monoisotopic (exact) mass is 186 g/mol. The summed E-state index contributed by atoms with van der Waals surface area (Å²) in [5, 5.41) is 24.3. The average Bonchev–Trinajstić information content (AvgIpc) is 2.21. The van der Waals surface area contributed by atoms with Crippen molar-refractivity contribution in [1.82, 2.24) is 30.8 Å². The predicted molar refractivity (Wildman–Crippen MR) is 48.7 cm³/mol. The van der Waals surface area contributed by atoms with Crippen LogP contribution in [0.4, 0.5) is 11.6 Å². The topological polar surface area (TPSA) is 89.4 Å². The summed E-state index contributed by atoms with van der Waals surface area (Å²) >= 11 is 0. The lowest BCUT2D eigenvalue weighted by atomic mass is 10.5. The van der Waals surface area contributed by atoms with Gasteiger partial charge in [0.2, 0.25) is 0 Å². The van der Waals surface area contributed by atoms with Gasteiger partial charge in [-0.2, -0.15) is 0 Å². The summed E-state index contributed by atoms with van der Waals surface area (Å²) in [7, 11) is 0. The van der Waals surface area contributed by atoms with Crippen molar-refractivity contribution in [2.24, 2.45) is 0 Å². The Labute approximate surface area is 81.6 Å². The molecule has 0 aliphatic heterocycles. The molecule has 0 aliphatic carbocycles. The first kappa shape index (κ1) is 9.97. The quantitative estimate of drug-likeness (QED) is 0.627. The van der Waals surface area contributed by atoms with Crippen LogP contribution in [-0.4, -0.2) is 39.2 Å². The molecule has 0 bridgehead atoms. The molecule has 0 saturated heterocycles. The minimum absolute atomic E-state index is 0. The second-order valence-electron chi connectivity index (χ2n) is 2.14. The molecule has 0 saturated carbocycles. The lowest BCUT2D eigenvalue weighted by Gasteiger charge is -1.99. The van der Waals surface area contributed by atoms with Crippen molar-refractivity contribution in [3.05, 3.63) is 24.5 Å². The Bertz CT molecular complexity index is 329. The van der Waals surface area contributed by atoms with E-state index in [-0.39, 0.29) is 8.41 Å². The third-order valence-electron chi connectivity index (χ3n) is 1.26. The van der Waals surface area contributed by atoms with Gasteiger partial charge in [0.15, 0.2) is 11.6 Å². The number of rotatable bonds is 2. The molecule has 0 amide bonds. The first-order valence-corrected chi connectivity index (χ1v) is 3.51. The molecular formula is C6H5BN7. The summed E-state index contributed by atoms with van der Waals surface area (Å²) in [6, 6.07) is 3.35. The molecule has 0 aromatic carbocycles. The zero-order valence-electron chi connectivity index (χ0n) is 7.07. The van der Waals surface area contributed by atoms with Crippen molar-refractivity contribution in [2.75, 3.05) is 5.32 Å². The molecule has 2 heterocycles. The molecule has 0 atom stereocenters. The van der Waals surface area contributed by atoms with Crippen molar-refractivity contribution in [1.29, 1.82) is 0 Å². The molecule has 7 nitrogen and oxygen atoms in total. The Morgan fingerprint density at radius 2 is 1.36 bits per heavy atom. The van der Waals surface area contributed by atoms with E-state index in [0.717, 1.165) is 0 Å². The summed E-state index contributed by atoms with van der Waals surface area (Å²) < 4.78 is 0. The maximum atomic E-state index is 3.71. The van der Waals surface area contributed by atoms with E-state index in [1.54, 1.807) is 12.1 Å². The number of hydrogen-bond donors (Lipinski definition) is 1. The van der Waals surface area contributed by atoms with E-state index >= 15 is 0 Å². The Kier molecular flexibility index (Phi) is 3.42. The van der Waals surface area contributed by atoms with Gasteiger partial charge >= 0.3 is 0 Å². The number of anilines is 2. The van der Waals surface area contributed by atoms with Gasteiger partial charge < -0.3 is 5.32 Å². The standard InChI is InChI=1S/C6H5N7.B/c1-3-7-12-10-5(1)9-6-2-4-8-13-11-6;/h1-4H,(H,7,8,9,10,11);. The van der Waals surface area contributed by atoms with Crippen molar-refractivity contribution >= 4 is 20.0 Å². The zero-order chi connectivity index (χ0) is 8.93. The van der Waals surface area contributed by atoms with Gasteiger partial charge in [0.1, 0.15) is 0 Å². The van der Waals surface area contributed by atoms with E-state index in [4.69, 9.17) is 0 Å². The Balaban J connectivity index is 0.000000980. The van der Waals surface area contributed by atoms with Crippen molar-refractivity contribution in [2.45, 2.75) is 0 Å². The summed E-state index contributed by atoms with van der Waals surface area (Å²) in [4.78, 5) is 0. The van der Waals surface area contributed by atoms with Crippen LogP contribution in [0.15, 0.2) is 24.5 Å². The maximum Gasteiger partial charge on any atom is 0.157 e. The first-order chi connectivity index (χ1) is 6.45. The van der Waals surface area contributed by atoms with Gasteiger partial charge in [-0.1, -0.05) is 0 Å². The molecule has 14 heavy (non-hydrogen) atoms. The van der Waals surface area contributed by atoms with Crippen molar-refractivity contribution in [3.63, 3.8) is 0 Å². The molecule has 8 heteroatoms. The van der Waals surface area contributed by atoms with Crippen LogP contribution in [-0.2, 0) is 0 Å². The van der Waals surface area contributed by atoms with E-state index in [0.29, 0.717) is 11.6 Å². The third-order valence-corrected chi connectivity index (χ3v) is 1.26. The van der Waals surface area contributed by atoms with E-state index in [9.17, 15) is 0 Å². The second-order valence-corrected chi connectivity index (χ2v) is 2.14. The number of hydrogen-bond acceptors (Lipinski definition) is 7. The van der Waals surface area contributed by atoms with Crippen molar-refractivity contribution < 1.29 is 0 Å². The fourth-order valence-electron chi connectivity index (χ4n) is 0.747. The van der Waals surface area contributed by atoms with Crippen LogP contribution in [0.5, 0.6) is 0 Å². The molecule has 2 aromatic rings. The van der Waals surface area contributed by atoms with Crippen LogP contribution in [0.25, 0.3) is 0 Å². The summed E-state index contributed by atoms with van der Waals surface area (Å²) in [5.74, 6) is 1.13. The molecule has 3 radical (unpaired) electrons. The van der Waals surface area contributed by atoms with E-state index < -0.39 is 0 Å². The zero-order valence-corrected chi connectivity index (χ0v) is 7.07. The predicted octanol–water partition coefficient (Wildman–Crippen LogP) is -0.581. The SMILES string of the molecule is [B].c1cc(Nc2ccnnn2)nnn1. The minimum Gasteiger partial charge on any atom is -0.322 e. The number of aromatic nitrogens is 6. The van der Waals surface area contributed by atoms with Crippen LogP contribution in [0.1, 0.15) is 0 Å². The molecule has 2 rings (SSSR count). The van der Waals surface area contributed by atoms with E-state index in [1.807, 2.05) is 0 Å². The Morgan fingerprint density at radius 3 is 1.71 bits per heavy atom. The fourth-order valence-corrected chi connectivity index (χ4v) is 0.747. The van der Waals surface area contributed by atoms with Crippen LogP contribution < -0.4 is 5.32 Å². The van der Waals surface area contributed by atoms with Gasteiger partial charge in [0, 0.05) is 20.5 Å². The fraction of sp³-hybridized carbons (Fsp3) is 0. The lowest BCUT2D eigenvalue weighted by molar-refractivity contribution is 0.854. The van der Waals surface area contributed by atoms with E-state index in [2.05, 4.69) is 36.1 Å². The summed E-state index contributed by atoms with van der Waals surface area (Å²) in [5.41, 5.74) is 0. The molecule has 1 N–H and O–H groups in total. The van der Waals surface area contributed by atoms with Gasteiger partial charge in [-0.05, 0) is 10.4 Å². The normalized spacial score (nSPS) is 8.86. The average molecular weight is 186 g/mol. The second kappa shape index (κ2) is 4.80. The van der Waals surface area contributed by atoms with Gasteiger partial charge in [-0.15, -0.1) is 20.4 Å². The first-order valence-electron chi connectivity index (χ1n) is 3.51. The lowest BCUT2D eigenvalue weighted by Crippen LogP contribution is -1.99. The van der Waals surface area contributed by atoms with Gasteiger partial charge in [-0.25, -0.2) is 0 Å². The summed E-state index contributed by atoms with van der Waals surface area (Å²) in [6.45, 7) is 0. The minimum atomic E-state index is 0. The Morgan fingerprint density at radius 1 is 0.857 bits per heavy atom. The van der Waals surface area contributed by atoms with Crippen LogP contribution in [0.2, 0.25) is 0 Å². The molecule has 67 valence electrons. The number of nitrogens with zero attached hydrogens (tertiary/aromatic N) is 6. The van der Waals surface area contributed by atoms with Crippen LogP contribution >= 0.6 is 0 Å². The van der Waals surface area contributed by atoms with Crippen LogP contribution in [0.3, 0.4) is 0 Å². The third kappa shape index (κ3) is 2.44. The molecule has 0 spiro atoms. The highest BCUT2D eigenvalue weighted by Gasteiger charge is 1.95. The molecule has 2 aromatic heterocycles. The molecule has 0 aliphatic rings. The molecule has 0 unspecified atom stereocenters. The van der Waals surface area contributed by atoms with Crippen LogP contribution in [0, 0.1) is 0 Å². The highest BCUT2D eigenvalue weighted by molar-refractivity contribution is 5.75. The van der Waals surface area contributed by atoms with Gasteiger partial charge in [0.05, 0.1) is 12.4 Å². The Hall–Kier alpha value is -2.12. The smallest absolute Gasteiger partial charge is 0.157 e. The highest BCUT2D eigenvalue weighted by atomic mass is 15.4. The largest absolute Gasteiger partial charge is 0.322 e. The highest BCUT2D eigenvalue weighted by Crippen LogP contribution is 2.05. The summed E-state index contributed by atoms with van der Waals surface area (Å²) in [6.07, 6.45) is 3.06. The van der Waals surface area contributed by atoms with Crippen molar-refractivity contribution in [3.8, 4) is 0 Å². The van der Waals surface area contributed by atoms with Gasteiger partial charge in [-0.3, -0.25) is 0 Å². The number of nitrogens with one attached hydrogen (secondary N) is 1. The molecule has 0 fully saturated rings. The maximum absolute atomic E-state index is 3.71. The van der Waals surface area contributed by atoms with Gasteiger partial charge in [0.25, 0.3) is 0 Å². The molecular weight excluding hydrogens is 181 g/mol. The van der Waals surface area contributed by atoms with E-state index in [1.165, 1.54) is 12.4 Å².